The van der Waals surface area contributed by atoms with Crippen LogP contribution in [0.25, 0.3) is 0 Å². The van der Waals surface area contributed by atoms with Crippen LogP contribution in [0.4, 0.5) is 0 Å². The summed E-state index contributed by atoms with van der Waals surface area (Å²) in [4.78, 5) is 14.0. The zero-order chi connectivity index (χ0) is 13.1. The lowest BCUT2D eigenvalue weighted by Gasteiger charge is -2.24. The van der Waals surface area contributed by atoms with Crippen molar-refractivity contribution in [1.82, 2.24) is 10.2 Å². The average Bonchev–Trinajstić information content (AvgIpc) is 2.64. The maximum Gasteiger partial charge on any atom is 0.241 e. The third-order valence-electron chi connectivity index (χ3n) is 3.29. The molecular formula is C14H19ClN2O. The molecule has 3 nitrogen and oxygen atoms in total. The van der Waals surface area contributed by atoms with Crippen molar-refractivity contribution in [1.29, 1.82) is 0 Å². The molecule has 1 aliphatic heterocycles. The summed E-state index contributed by atoms with van der Waals surface area (Å²) in [5, 5.41) is 4.03. The van der Waals surface area contributed by atoms with Crippen LogP contribution in [0.3, 0.4) is 0 Å². The van der Waals surface area contributed by atoms with Gasteiger partial charge in [-0.15, -0.1) is 0 Å². The summed E-state index contributed by atoms with van der Waals surface area (Å²) < 4.78 is 0. The Morgan fingerprint density at radius 1 is 1.44 bits per heavy atom. The fraction of sp³-hybridized carbons (Fsp3) is 0.500. The molecule has 4 heteroatoms. The second-order valence-electron chi connectivity index (χ2n) is 4.73. The lowest BCUT2D eigenvalue weighted by molar-refractivity contribution is -0.129. The molecule has 1 saturated heterocycles. The molecule has 1 aromatic carbocycles. The fourth-order valence-electron chi connectivity index (χ4n) is 2.29. The highest BCUT2D eigenvalue weighted by Crippen LogP contribution is 2.27. The average molecular weight is 267 g/mol. The van der Waals surface area contributed by atoms with E-state index in [4.69, 9.17) is 11.6 Å². The summed E-state index contributed by atoms with van der Waals surface area (Å²) in [6.45, 7) is 4.83. The Hall–Kier alpha value is -1.06. The Morgan fingerprint density at radius 3 is 2.89 bits per heavy atom. The second-order valence-corrected chi connectivity index (χ2v) is 5.17. The van der Waals surface area contributed by atoms with Crippen molar-refractivity contribution in [2.24, 2.45) is 0 Å². The molecule has 1 heterocycles. The molecule has 98 valence electrons. The highest BCUT2D eigenvalue weighted by molar-refractivity contribution is 6.30. The van der Waals surface area contributed by atoms with Crippen LogP contribution in [-0.4, -0.2) is 23.4 Å². The number of benzene rings is 1. The van der Waals surface area contributed by atoms with Gasteiger partial charge in [-0.1, -0.05) is 37.1 Å². The Bertz CT molecular complexity index is 436. The third kappa shape index (κ3) is 2.68. The Labute approximate surface area is 113 Å². The third-order valence-corrected chi connectivity index (χ3v) is 3.53. The molecule has 2 rings (SSSR count). The van der Waals surface area contributed by atoms with E-state index in [9.17, 15) is 4.79 Å². The molecule has 1 fully saturated rings. The number of rotatable bonds is 4. The number of nitrogens with zero attached hydrogens (tertiary/aromatic N) is 1. The van der Waals surface area contributed by atoms with Crippen LogP contribution in [0, 0.1) is 0 Å². The van der Waals surface area contributed by atoms with E-state index in [2.05, 4.69) is 12.2 Å². The van der Waals surface area contributed by atoms with Crippen molar-refractivity contribution in [2.75, 3.05) is 6.54 Å². The molecule has 1 aliphatic rings. The van der Waals surface area contributed by atoms with E-state index < -0.39 is 0 Å². The van der Waals surface area contributed by atoms with Crippen molar-refractivity contribution in [3.05, 3.63) is 34.9 Å². The Morgan fingerprint density at radius 2 is 2.22 bits per heavy atom. The van der Waals surface area contributed by atoms with Crippen molar-refractivity contribution in [3.8, 4) is 0 Å². The fourth-order valence-corrected chi connectivity index (χ4v) is 2.49. The predicted octanol–water partition coefficient (Wildman–Crippen LogP) is 2.96. The van der Waals surface area contributed by atoms with Gasteiger partial charge in [-0.25, -0.2) is 0 Å². The van der Waals surface area contributed by atoms with E-state index >= 15 is 0 Å². The molecule has 0 aliphatic carbocycles. The zero-order valence-electron chi connectivity index (χ0n) is 10.8. The van der Waals surface area contributed by atoms with Crippen LogP contribution in [0.15, 0.2) is 24.3 Å². The number of hydrogen-bond donors (Lipinski definition) is 1. The van der Waals surface area contributed by atoms with E-state index in [0.29, 0.717) is 5.02 Å². The van der Waals surface area contributed by atoms with Gasteiger partial charge >= 0.3 is 0 Å². The summed E-state index contributed by atoms with van der Waals surface area (Å²) in [5.41, 5.74) is 1.05. The molecular weight excluding hydrogens is 248 g/mol. The smallest absolute Gasteiger partial charge is 0.241 e. The molecule has 0 bridgehead atoms. The topological polar surface area (TPSA) is 32.3 Å². The standard InChI is InChI=1S/C14H19ClN2O/c1-3-4-8-17-13(16-10(2)14(17)18)11-6-5-7-12(15)9-11/h5-7,9-10,13,16H,3-4,8H2,1-2H3. The minimum Gasteiger partial charge on any atom is -0.322 e. The molecule has 1 N–H and O–H groups in total. The molecule has 0 radical (unpaired) electrons. The van der Waals surface area contributed by atoms with Gasteiger partial charge in [0.1, 0.15) is 6.17 Å². The van der Waals surface area contributed by atoms with Crippen molar-refractivity contribution in [2.45, 2.75) is 38.9 Å². The summed E-state index contributed by atoms with van der Waals surface area (Å²) >= 11 is 6.02. The minimum atomic E-state index is -0.120. The Kier molecular flexibility index (Phi) is 4.25. The number of amides is 1. The highest BCUT2D eigenvalue weighted by atomic mass is 35.5. The molecule has 2 atom stereocenters. The predicted molar refractivity (Wildman–Crippen MR) is 73.4 cm³/mol. The van der Waals surface area contributed by atoms with Crippen molar-refractivity contribution in [3.63, 3.8) is 0 Å². The van der Waals surface area contributed by atoms with E-state index in [1.165, 1.54) is 0 Å². The molecule has 1 aromatic rings. The zero-order valence-corrected chi connectivity index (χ0v) is 11.6. The van der Waals surface area contributed by atoms with E-state index in [1.54, 1.807) is 0 Å². The number of carbonyl (C=O) groups excluding carboxylic acids is 1. The normalized spacial score (nSPS) is 23.7. The molecule has 2 unspecified atom stereocenters. The van der Waals surface area contributed by atoms with E-state index in [-0.39, 0.29) is 18.1 Å². The van der Waals surface area contributed by atoms with Crippen LogP contribution in [0.2, 0.25) is 5.02 Å². The van der Waals surface area contributed by atoms with Gasteiger partial charge in [0.15, 0.2) is 0 Å². The van der Waals surface area contributed by atoms with Gasteiger partial charge in [0.2, 0.25) is 5.91 Å². The van der Waals surface area contributed by atoms with Crippen LogP contribution >= 0.6 is 11.6 Å². The maximum absolute atomic E-state index is 12.1. The number of nitrogens with one attached hydrogen (secondary N) is 1. The number of halogens is 1. The van der Waals surface area contributed by atoms with E-state index in [1.807, 2.05) is 36.1 Å². The van der Waals surface area contributed by atoms with Gasteiger partial charge in [0, 0.05) is 11.6 Å². The highest BCUT2D eigenvalue weighted by Gasteiger charge is 2.36. The lowest BCUT2D eigenvalue weighted by Crippen LogP contribution is -2.31. The van der Waals surface area contributed by atoms with Gasteiger partial charge in [-0.05, 0) is 31.0 Å². The van der Waals surface area contributed by atoms with Crippen LogP contribution in [0.1, 0.15) is 38.4 Å². The van der Waals surface area contributed by atoms with Gasteiger partial charge in [0.05, 0.1) is 6.04 Å². The molecule has 0 aromatic heterocycles. The van der Waals surface area contributed by atoms with Crippen molar-refractivity contribution < 1.29 is 4.79 Å². The summed E-state index contributed by atoms with van der Waals surface area (Å²) in [7, 11) is 0. The second kappa shape index (κ2) is 5.72. The largest absolute Gasteiger partial charge is 0.322 e. The molecule has 1 amide bonds. The van der Waals surface area contributed by atoms with Gasteiger partial charge in [-0.3, -0.25) is 10.1 Å². The monoisotopic (exact) mass is 266 g/mol. The molecule has 0 spiro atoms. The summed E-state index contributed by atoms with van der Waals surface area (Å²) in [5.74, 6) is 0.174. The first-order chi connectivity index (χ1) is 8.63. The number of hydrogen-bond acceptors (Lipinski definition) is 2. The summed E-state index contributed by atoms with van der Waals surface area (Å²) in [6, 6.07) is 7.58. The summed E-state index contributed by atoms with van der Waals surface area (Å²) in [6.07, 6.45) is 2.07. The van der Waals surface area contributed by atoms with Crippen LogP contribution in [0.5, 0.6) is 0 Å². The maximum atomic E-state index is 12.1. The first-order valence-electron chi connectivity index (χ1n) is 6.45. The van der Waals surface area contributed by atoms with E-state index in [0.717, 1.165) is 24.9 Å². The Balaban J connectivity index is 2.22. The quantitative estimate of drug-likeness (QED) is 0.909. The number of unbranched alkanes of at least 4 members (excludes halogenated alkanes) is 1. The lowest BCUT2D eigenvalue weighted by atomic mass is 10.1. The first kappa shape index (κ1) is 13.4. The molecule has 0 saturated carbocycles. The number of carbonyl (C=O) groups is 1. The molecule has 18 heavy (non-hydrogen) atoms. The van der Waals surface area contributed by atoms with Gasteiger partial charge in [-0.2, -0.15) is 0 Å². The minimum absolute atomic E-state index is 0.0438. The van der Waals surface area contributed by atoms with Crippen LogP contribution in [-0.2, 0) is 4.79 Å². The van der Waals surface area contributed by atoms with Crippen molar-refractivity contribution >= 4 is 17.5 Å². The van der Waals surface area contributed by atoms with Gasteiger partial charge < -0.3 is 4.90 Å². The SMILES string of the molecule is CCCCN1C(=O)C(C)NC1c1cccc(Cl)c1. The van der Waals surface area contributed by atoms with Crippen LogP contribution < -0.4 is 5.32 Å². The van der Waals surface area contributed by atoms with Gasteiger partial charge in [0.25, 0.3) is 0 Å². The first-order valence-corrected chi connectivity index (χ1v) is 6.83.